The van der Waals surface area contributed by atoms with Crippen molar-refractivity contribution >= 4 is 17.8 Å². The molecule has 1 saturated heterocycles. The summed E-state index contributed by atoms with van der Waals surface area (Å²) >= 11 is 0. The number of ether oxygens (including phenoxy) is 1. The summed E-state index contributed by atoms with van der Waals surface area (Å²) in [5.74, 6) is 0.602. The fourth-order valence-electron chi connectivity index (χ4n) is 2.06. The summed E-state index contributed by atoms with van der Waals surface area (Å²) in [6.45, 7) is 4.27. The Balaban J connectivity index is 1.81. The Hall–Kier alpha value is -2.31. The lowest BCUT2D eigenvalue weighted by Crippen LogP contribution is -2.49. The highest BCUT2D eigenvalue weighted by Gasteiger charge is 2.23. The van der Waals surface area contributed by atoms with Crippen LogP contribution in [-0.4, -0.2) is 61.7 Å². The van der Waals surface area contributed by atoms with Crippen LogP contribution in [0.25, 0.3) is 0 Å². The number of amides is 2. The number of nitrogens with one attached hydrogen (secondary N) is 1. The maximum absolute atomic E-state index is 11.8. The zero-order valence-electron chi connectivity index (χ0n) is 12.3. The minimum atomic E-state index is -0.449. The molecule has 21 heavy (non-hydrogen) atoms. The van der Waals surface area contributed by atoms with E-state index in [2.05, 4.69) is 15.2 Å². The minimum absolute atomic E-state index is 0.241. The number of nitrogens with zero attached hydrogens (tertiary/aromatic N) is 3. The van der Waals surface area contributed by atoms with E-state index in [0.717, 1.165) is 11.4 Å². The molecule has 0 spiro atoms. The number of aromatic nitrogens is 1. The number of hydrogen-bond acceptors (Lipinski definition) is 5. The van der Waals surface area contributed by atoms with Gasteiger partial charge in [0.05, 0.1) is 0 Å². The maximum atomic E-state index is 11.8. The zero-order chi connectivity index (χ0) is 15.2. The summed E-state index contributed by atoms with van der Waals surface area (Å²) in [5, 5.41) is 2.41. The van der Waals surface area contributed by atoms with E-state index in [-0.39, 0.29) is 12.5 Å². The van der Waals surface area contributed by atoms with Gasteiger partial charge in [0.1, 0.15) is 5.82 Å². The SMILES string of the molecule is CNC(=O)COC(=O)N1CCN(c2ccc(C)cn2)CC1. The molecular formula is C14H20N4O3. The Labute approximate surface area is 123 Å². The second-order valence-electron chi connectivity index (χ2n) is 4.90. The lowest BCUT2D eigenvalue weighted by molar-refractivity contribution is -0.123. The Bertz CT molecular complexity index is 495. The summed E-state index contributed by atoms with van der Waals surface area (Å²) in [4.78, 5) is 30.9. The van der Waals surface area contributed by atoms with Gasteiger partial charge in [-0.25, -0.2) is 9.78 Å². The topological polar surface area (TPSA) is 74.8 Å². The van der Waals surface area contributed by atoms with Crippen molar-refractivity contribution in [1.29, 1.82) is 0 Å². The number of pyridine rings is 1. The van der Waals surface area contributed by atoms with Crippen LogP contribution in [0.5, 0.6) is 0 Å². The molecular weight excluding hydrogens is 272 g/mol. The van der Waals surface area contributed by atoms with Gasteiger partial charge >= 0.3 is 6.09 Å². The molecule has 0 atom stereocenters. The number of aryl methyl sites for hydroxylation is 1. The number of rotatable bonds is 3. The summed E-state index contributed by atoms with van der Waals surface area (Å²) < 4.78 is 4.93. The summed E-state index contributed by atoms with van der Waals surface area (Å²) in [6.07, 6.45) is 1.38. The lowest BCUT2D eigenvalue weighted by Gasteiger charge is -2.34. The Morgan fingerprint density at radius 1 is 1.29 bits per heavy atom. The van der Waals surface area contributed by atoms with Gasteiger partial charge in [0.15, 0.2) is 6.61 Å². The van der Waals surface area contributed by atoms with E-state index in [1.54, 1.807) is 4.90 Å². The third-order valence-electron chi connectivity index (χ3n) is 3.36. The van der Waals surface area contributed by atoms with Crippen LogP contribution >= 0.6 is 0 Å². The maximum Gasteiger partial charge on any atom is 0.410 e. The summed E-state index contributed by atoms with van der Waals surface area (Å²) in [7, 11) is 1.50. The number of hydrogen-bond donors (Lipinski definition) is 1. The Morgan fingerprint density at radius 3 is 2.57 bits per heavy atom. The Morgan fingerprint density at radius 2 is 2.00 bits per heavy atom. The van der Waals surface area contributed by atoms with Crippen molar-refractivity contribution in [2.24, 2.45) is 0 Å². The quantitative estimate of drug-likeness (QED) is 0.872. The molecule has 1 aromatic heterocycles. The van der Waals surface area contributed by atoms with E-state index in [1.807, 2.05) is 25.3 Å². The molecule has 1 aromatic rings. The molecule has 2 rings (SSSR count). The molecule has 0 aliphatic carbocycles. The van der Waals surface area contributed by atoms with Crippen LogP contribution in [0.15, 0.2) is 18.3 Å². The van der Waals surface area contributed by atoms with Gasteiger partial charge < -0.3 is 19.9 Å². The highest BCUT2D eigenvalue weighted by molar-refractivity contribution is 5.79. The molecule has 7 heteroatoms. The molecule has 1 fully saturated rings. The van der Waals surface area contributed by atoms with Crippen LogP contribution in [0.4, 0.5) is 10.6 Å². The molecule has 1 aliphatic rings. The minimum Gasteiger partial charge on any atom is -0.439 e. The van der Waals surface area contributed by atoms with Gasteiger partial charge in [-0.1, -0.05) is 6.07 Å². The molecule has 2 heterocycles. The second kappa shape index (κ2) is 6.92. The van der Waals surface area contributed by atoms with Crippen molar-refractivity contribution in [3.63, 3.8) is 0 Å². The number of carbonyl (C=O) groups is 2. The first-order valence-corrected chi connectivity index (χ1v) is 6.90. The lowest BCUT2D eigenvalue weighted by atomic mass is 10.3. The second-order valence-corrected chi connectivity index (χ2v) is 4.90. The predicted octanol–water partition coefficient (Wildman–Crippen LogP) is 0.395. The molecule has 0 radical (unpaired) electrons. The van der Waals surface area contributed by atoms with Crippen LogP contribution in [0.3, 0.4) is 0 Å². The Kier molecular flexibility index (Phi) is 4.97. The largest absolute Gasteiger partial charge is 0.439 e. The van der Waals surface area contributed by atoms with E-state index >= 15 is 0 Å². The molecule has 114 valence electrons. The van der Waals surface area contributed by atoms with Gasteiger partial charge in [-0.15, -0.1) is 0 Å². The fraction of sp³-hybridized carbons (Fsp3) is 0.500. The smallest absolute Gasteiger partial charge is 0.410 e. The fourth-order valence-corrected chi connectivity index (χ4v) is 2.06. The molecule has 2 amide bonds. The van der Waals surface area contributed by atoms with Crippen LogP contribution < -0.4 is 10.2 Å². The van der Waals surface area contributed by atoms with Gasteiger partial charge in [-0.3, -0.25) is 4.79 Å². The molecule has 0 bridgehead atoms. The van der Waals surface area contributed by atoms with Crippen molar-refractivity contribution in [3.05, 3.63) is 23.9 Å². The highest BCUT2D eigenvalue weighted by Crippen LogP contribution is 2.14. The average Bonchev–Trinajstić information content (AvgIpc) is 2.53. The number of carbonyl (C=O) groups excluding carboxylic acids is 2. The summed E-state index contributed by atoms with van der Waals surface area (Å²) in [5.41, 5.74) is 1.12. The van der Waals surface area contributed by atoms with Crippen LogP contribution in [0.1, 0.15) is 5.56 Å². The van der Waals surface area contributed by atoms with Crippen molar-refractivity contribution < 1.29 is 14.3 Å². The number of piperazine rings is 1. The standard InChI is InChI=1S/C14H20N4O3/c1-11-3-4-12(16-9-11)17-5-7-18(8-6-17)14(20)21-10-13(19)15-2/h3-4,9H,5-8,10H2,1-2H3,(H,15,19). The molecule has 0 saturated carbocycles. The van der Waals surface area contributed by atoms with Crippen molar-refractivity contribution in [2.45, 2.75) is 6.92 Å². The van der Waals surface area contributed by atoms with E-state index in [4.69, 9.17) is 4.74 Å². The van der Waals surface area contributed by atoms with Gasteiger partial charge in [0.2, 0.25) is 0 Å². The highest BCUT2D eigenvalue weighted by atomic mass is 16.6. The van der Waals surface area contributed by atoms with Crippen LogP contribution in [-0.2, 0) is 9.53 Å². The molecule has 1 N–H and O–H groups in total. The monoisotopic (exact) mass is 292 g/mol. The van der Waals surface area contributed by atoms with E-state index in [0.29, 0.717) is 26.2 Å². The van der Waals surface area contributed by atoms with Crippen molar-refractivity contribution in [2.75, 3.05) is 44.7 Å². The number of anilines is 1. The van der Waals surface area contributed by atoms with E-state index in [9.17, 15) is 9.59 Å². The zero-order valence-corrected chi connectivity index (χ0v) is 12.3. The van der Waals surface area contributed by atoms with Gasteiger partial charge in [0, 0.05) is 39.4 Å². The van der Waals surface area contributed by atoms with E-state index in [1.165, 1.54) is 7.05 Å². The molecule has 7 nitrogen and oxygen atoms in total. The van der Waals surface area contributed by atoms with Gasteiger partial charge in [-0.2, -0.15) is 0 Å². The third kappa shape index (κ3) is 4.08. The van der Waals surface area contributed by atoms with Gasteiger partial charge in [0.25, 0.3) is 5.91 Å². The first-order valence-electron chi connectivity index (χ1n) is 6.90. The van der Waals surface area contributed by atoms with Gasteiger partial charge in [-0.05, 0) is 18.6 Å². The van der Waals surface area contributed by atoms with Crippen molar-refractivity contribution in [3.8, 4) is 0 Å². The molecule has 0 aromatic carbocycles. The van der Waals surface area contributed by atoms with Crippen LogP contribution in [0, 0.1) is 6.92 Å². The molecule has 0 unspecified atom stereocenters. The number of likely N-dealkylation sites (N-methyl/N-ethyl adjacent to an activating group) is 1. The van der Waals surface area contributed by atoms with E-state index < -0.39 is 6.09 Å². The predicted molar refractivity (Wildman–Crippen MR) is 78.2 cm³/mol. The third-order valence-corrected chi connectivity index (χ3v) is 3.36. The first kappa shape index (κ1) is 15.1. The normalized spacial score (nSPS) is 14.8. The van der Waals surface area contributed by atoms with Crippen molar-refractivity contribution in [1.82, 2.24) is 15.2 Å². The summed E-state index contributed by atoms with van der Waals surface area (Å²) in [6, 6.07) is 4.00. The van der Waals surface area contributed by atoms with Crippen LogP contribution in [0.2, 0.25) is 0 Å². The average molecular weight is 292 g/mol. The molecule has 1 aliphatic heterocycles. The first-order chi connectivity index (χ1) is 10.1.